The van der Waals surface area contributed by atoms with Crippen molar-refractivity contribution >= 4 is 17.0 Å². The van der Waals surface area contributed by atoms with Gasteiger partial charge >= 0.3 is 0 Å². The number of anilines is 1. The van der Waals surface area contributed by atoms with Gasteiger partial charge in [0.2, 0.25) is 0 Å². The van der Waals surface area contributed by atoms with Gasteiger partial charge in [-0.05, 0) is 12.1 Å². The van der Waals surface area contributed by atoms with E-state index < -0.39 is 0 Å². The van der Waals surface area contributed by atoms with Gasteiger partial charge in [0.15, 0.2) is 17.3 Å². The highest BCUT2D eigenvalue weighted by molar-refractivity contribution is 5.80. The van der Waals surface area contributed by atoms with Gasteiger partial charge in [0, 0.05) is 19.6 Å². The normalized spacial score (nSPS) is 19.0. The molecule has 1 aliphatic heterocycles. The number of nitrogen functional groups attached to an aromatic ring is 1. The van der Waals surface area contributed by atoms with Crippen LogP contribution in [0.5, 0.6) is 0 Å². The Morgan fingerprint density at radius 2 is 2.25 bits per heavy atom. The molecule has 0 spiro atoms. The molecule has 1 unspecified atom stereocenters. The predicted octanol–water partition coefficient (Wildman–Crippen LogP) is 1.04. The molecule has 0 saturated carbocycles. The van der Waals surface area contributed by atoms with E-state index >= 15 is 0 Å². The van der Waals surface area contributed by atoms with Gasteiger partial charge in [-0.3, -0.25) is 9.88 Å². The minimum Gasteiger partial charge on any atom is -0.382 e. The number of nitrogens with one attached hydrogen (secondary N) is 1. The Balaban J connectivity index is 1.52. The third-order valence-electron chi connectivity index (χ3n) is 3.94. The third-order valence-corrected chi connectivity index (χ3v) is 3.94. The summed E-state index contributed by atoms with van der Waals surface area (Å²) in [4.78, 5) is 22.1. The van der Waals surface area contributed by atoms with E-state index in [9.17, 15) is 4.39 Å². The van der Waals surface area contributed by atoms with Crippen LogP contribution in [-0.2, 0) is 11.3 Å². The standard InChI is InChI=1S/C15H16FN7O/c16-9-1-2-10(18-5-9)6-23-3-4-24-11(7-23)14-21-13(17)12-15(22-14)20-8-19-12/h1-2,5,8,11H,3-4,6-7H2,(H3,17,19,20,21,22). The van der Waals surface area contributed by atoms with Crippen molar-refractivity contribution in [2.45, 2.75) is 12.6 Å². The van der Waals surface area contributed by atoms with Crippen LogP contribution in [0.2, 0.25) is 0 Å². The Morgan fingerprint density at radius 1 is 1.33 bits per heavy atom. The van der Waals surface area contributed by atoms with Gasteiger partial charge in [-0.2, -0.15) is 0 Å². The number of H-pyrrole nitrogens is 1. The summed E-state index contributed by atoms with van der Waals surface area (Å²) in [6.45, 7) is 2.53. The first kappa shape index (κ1) is 14.9. The second-order valence-corrected chi connectivity index (χ2v) is 5.63. The number of rotatable bonds is 3. The zero-order valence-electron chi connectivity index (χ0n) is 12.8. The quantitative estimate of drug-likeness (QED) is 0.739. The number of hydrogen-bond donors (Lipinski definition) is 2. The number of ether oxygens (including phenoxy) is 1. The first-order valence-electron chi connectivity index (χ1n) is 7.60. The average molecular weight is 329 g/mol. The fourth-order valence-electron chi connectivity index (χ4n) is 2.75. The molecule has 24 heavy (non-hydrogen) atoms. The number of aromatic amines is 1. The SMILES string of the molecule is Nc1nc(C2CN(Cc3ccc(F)cn3)CCO2)nc2nc[nH]c12. The van der Waals surface area contributed by atoms with Crippen LogP contribution in [-0.4, -0.2) is 49.5 Å². The highest BCUT2D eigenvalue weighted by atomic mass is 19.1. The summed E-state index contributed by atoms with van der Waals surface area (Å²) in [5.74, 6) is 0.534. The van der Waals surface area contributed by atoms with E-state index in [0.717, 1.165) is 12.2 Å². The lowest BCUT2D eigenvalue weighted by Crippen LogP contribution is -2.38. The van der Waals surface area contributed by atoms with Crippen LogP contribution in [0.3, 0.4) is 0 Å². The van der Waals surface area contributed by atoms with Gasteiger partial charge in [0.25, 0.3) is 0 Å². The van der Waals surface area contributed by atoms with Gasteiger partial charge < -0.3 is 15.5 Å². The molecule has 0 amide bonds. The summed E-state index contributed by atoms with van der Waals surface area (Å²) in [7, 11) is 0. The van der Waals surface area contributed by atoms with Gasteiger partial charge in [0.1, 0.15) is 17.4 Å². The van der Waals surface area contributed by atoms with Crippen molar-refractivity contribution in [3.63, 3.8) is 0 Å². The topological polar surface area (TPSA) is 106 Å². The Bertz CT molecular complexity index is 851. The fourth-order valence-corrected chi connectivity index (χ4v) is 2.75. The molecule has 3 aromatic heterocycles. The Hall–Kier alpha value is -2.65. The van der Waals surface area contributed by atoms with Crippen LogP contribution >= 0.6 is 0 Å². The van der Waals surface area contributed by atoms with Gasteiger partial charge in [-0.15, -0.1) is 0 Å². The molecule has 4 rings (SSSR count). The first-order chi connectivity index (χ1) is 11.7. The Morgan fingerprint density at radius 3 is 3.08 bits per heavy atom. The van der Waals surface area contributed by atoms with Crippen molar-refractivity contribution in [3.8, 4) is 0 Å². The largest absolute Gasteiger partial charge is 0.382 e. The summed E-state index contributed by atoms with van der Waals surface area (Å²) in [5, 5.41) is 0. The average Bonchev–Trinajstić information content (AvgIpc) is 3.06. The first-order valence-corrected chi connectivity index (χ1v) is 7.60. The molecule has 9 heteroatoms. The smallest absolute Gasteiger partial charge is 0.183 e. The number of imidazole rings is 1. The maximum Gasteiger partial charge on any atom is 0.183 e. The zero-order valence-corrected chi connectivity index (χ0v) is 12.8. The molecule has 1 saturated heterocycles. The monoisotopic (exact) mass is 329 g/mol. The maximum atomic E-state index is 13.0. The summed E-state index contributed by atoms with van der Waals surface area (Å²) in [5.41, 5.74) is 7.90. The van der Waals surface area contributed by atoms with Crippen LogP contribution in [0.25, 0.3) is 11.2 Å². The lowest BCUT2D eigenvalue weighted by molar-refractivity contribution is -0.0373. The van der Waals surface area contributed by atoms with Crippen molar-refractivity contribution in [1.82, 2.24) is 29.8 Å². The van der Waals surface area contributed by atoms with Crippen LogP contribution in [0.1, 0.15) is 17.6 Å². The van der Waals surface area contributed by atoms with Crippen LogP contribution in [0, 0.1) is 5.82 Å². The van der Waals surface area contributed by atoms with Crippen LogP contribution in [0.4, 0.5) is 10.2 Å². The fraction of sp³-hybridized carbons (Fsp3) is 0.333. The molecule has 1 aliphatic rings. The van der Waals surface area contributed by atoms with E-state index in [1.165, 1.54) is 18.6 Å². The van der Waals surface area contributed by atoms with Crippen molar-refractivity contribution in [1.29, 1.82) is 0 Å². The lowest BCUT2D eigenvalue weighted by atomic mass is 10.2. The number of nitrogens with two attached hydrogens (primary N) is 1. The van der Waals surface area contributed by atoms with Gasteiger partial charge in [-0.25, -0.2) is 19.3 Å². The highest BCUT2D eigenvalue weighted by Crippen LogP contribution is 2.23. The number of fused-ring (bicyclic) bond motifs is 1. The molecule has 8 nitrogen and oxygen atoms in total. The van der Waals surface area contributed by atoms with Crippen LogP contribution in [0.15, 0.2) is 24.7 Å². The van der Waals surface area contributed by atoms with E-state index in [1.54, 1.807) is 6.07 Å². The van der Waals surface area contributed by atoms with E-state index in [2.05, 4.69) is 29.8 Å². The van der Waals surface area contributed by atoms with E-state index in [4.69, 9.17) is 10.5 Å². The summed E-state index contributed by atoms with van der Waals surface area (Å²) < 4.78 is 18.7. The number of nitrogens with zero attached hydrogens (tertiary/aromatic N) is 5. The third kappa shape index (κ3) is 2.91. The molecule has 3 N–H and O–H groups in total. The minimum atomic E-state index is -0.338. The molecule has 0 aromatic carbocycles. The van der Waals surface area contributed by atoms with Crippen LogP contribution < -0.4 is 5.73 Å². The van der Waals surface area contributed by atoms with Crippen molar-refractivity contribution in [3.05, 3.63) is 42.0 Å². The maximum absolute atomic E-state index is 13.0. The zero-order chi connectivity index (χ0) is 16.5. The Kier molecular flexibility index (Phi) is 3.79. The second-order valence-electron chi connectivity index (χ2n) is 5.63. The number of pyridine rings is 1. The van der Waals surface area contributed by atoms with Crippen molar-refractivity contribution in [2.24, 2.45) is 0 Å². The molecule has 4 heterocycles. The molecule has 124 valence electrons. The molecule has 1 fully saturated rings. The molecule has 0 bridgehead atoms. The molecule has 1 atom stereocenters. The summed E-state index contributed by atoms with van der Waals surface area (Å²) in [6, 6.07) is 3.10. The lowest BCUT2D eigenvalue weighted by Gasteiger charge is -2.31. The predicted molar refractivity (Wildman–Crippen MR) is 84.3 cm³/mol. The van der Waals surface area contributed by atoms with Crippen molar-refractivity contribution < 1.29 is 9.13 Å². The highest BCUT2D eigenvalue weighted by Gasteiger charge is 2.25. The van der Waals surface area contributed by atoms with E-state index in [-0.39, 0.29) is 11.9 Å². The van der Waals surface area contributed by atoms with Gasteiger partial charge in [-0.1, -0.05) is 0 Å². The number of halogens is 1. The number of hydrogen-bond acceptors (Lipinski definition) is 7. The molecular formula is C15H16FN7O. The summed E-state index contributed by atoms with van der Waals surface area (Å²) >= 11 is 0. The second kappa shape index (κ2) is 6.10. The molecule has 0 radical (unpaired) electrons. The minimum absolute atomic E-state index is 0.289. The Labute approximate surface area is 136 Å². The molecule has 3 aromatic rings. The number of aromatic nitrogens is 5. The van der Waals surface area contributed by atoms with Gasteiger partial charge in [0.05, 0.1) is 24.8 Å². The molecule has 0 aliphatic carbocycles. The summed E-state index contributed by atoms with van der Waals surface area (Å²) in [6.07, 6.45) is 2.47. The van der Waals surface area contributed by atoms with Crippen molar-refractivity contribution in [2.75, 3.05) is 25.4 Å². The molecular weight excluding hydrogens is 313 g/mol. The van der Waals surface area contributed by atoms with E-state index in [0.29, 0.717) is 42.5 Å². The van der Waals surface area contributed by atoms with E-state index in [1.807, 2.05) is 0 Å². The number of morpholine rings is 1.